The van der Waals surface area contributed by atoms with E-state index in [1.165, 1.54) is 0 Å². The molecule has 7 heteroatoms. The highest BCUT2D eigenvalue weighted by Gasteiger charge is 2.24. The molecule has 1 atom stereocenters. The highest BCUT2D eigenvalue weighted by molar-refractivity contribution is 9.10. The van der Waals surface area contributed by atoms with Crippen molar-refractivity contribution in [2.75, 3.05) is 20.3 Å². The summed E-state index contributed by atoms with van der Waals surface area (Å²) < 4.78 is 16.7. The molecule has 1 aromatic rings. The fraction of sp³-hybridized carbons (Fsp3) is 0.417. The third-order valence-electron chi connectivity index (χ3n) is 2.69. The molecule has 0 bridgehead atoms. The number of methoxy groups -OCH3 is 1. The minimum atomic E-state index is -0.418. The number of benzene rings is 1. The molecule has 1 aromatic carbocycles. The molecule has 2 rings (SSSR count). The van der Waals surface area contributed by atoms with Crippen LogP contribution >= 0.6 is 15.9 Å². The fourth-order valence-corrected chi connectivity index (χ4v) is 2.34. The average Bonchev–Trinajstić information content (AvgIpc) is 2.82. The van der Waals surface area contributed by atoms with Gasteiger partial charge in [-0.3, -0.25) is 0 Å². The van der Waals surface area contributed by atoms with Crippen LogP contribution in [-0.2, 0) is 11.3 Å². The maximum absolute atomic E-state index is 10.9. The number of nitrogens with two attached hydrogens (primary N) is 1. The molecule has 1 fully saturated rings. The van der Waals surface area contributed by atoms with E-state index in [1.807, 2.05) is 12.1 Å². The van der Waals surface area contributed by atoms with Gasteiger partial charge < -0.3 is 25.3 Å². The molecule has 1 amide bonds. The zero-order chi connectivity index (χ0) is 13.8. The van der Waals surface area contributed by atoms with Gasteiger partial charge in [0.05, 0.1) is 18.1 Å². The molecule has 1 saturated heterocycles. The summed E-state index contributed by atoms with van der Waals surface area (Å²) in [5.74, 6) is 1.16. The minimum Gasteiger partial charge on any atom is -0.493 e. The zero-order valence-corrected chi connectivity index (χ0v) is 12.0. The molecule has 104 valence electrons. The van der Waals surface area contributed by atoms with E-state index in [0.717, 1.165) is 10.0 Å². The Kier molecular flexibility index (Phi) is 4.49. The third kappa shape index (κ3) is 3.30. The van der Waals surface area contributed by atoms with Crippen molar-refractivity contribution in [1.29, 1.82) is 0 Å². The van der Waals surface area contributed by atoms with Gasteiger partial charge in [-0.2, -0.15) is 0 Å². The lowest BCUT2D eigenvalue weighted by Crippen LogP contribution is -2.22. The van der Waals surface area contributed by atoms with Gasteiger partial charge in [-0.25, -0.2) is 4.79 Å². The number of cyclic esters (lactones) is 1. The summed E-state index contributed by atoms with van der Waals surface area (Å²) in [5.41, 5.74) is 6.53. The summed E-state index contributed by atoms with van der Waals surface area (Å²) >= 11 is 3.42. The van der Waals surface area contributed by atoms with Gasteiger partial charge in [0.2, 0.25) is 0 Å². The van der Waals surface area contributed by atoms with Crippen molar-refractivity contribution >= 4 is 22.0 Å². The van der Waals surface area contributed by atoms with Gasteiger partial charge in [0.25, 0.3) is 0 Å². The average molecular weight is 331 g/mol. The molecule has 19 heavy (non-hydrogen) atoms. The van der Waals surface area contributed by atoms with Crippen molar-refractivity contribution in [1.82, 2.24) is 5.32 Å². The predicted molar refractivity (Wildman–Crippen MR) is 72.4 cm³/mol. The molecule has 1 aliphatic rings. The van der Waals surface area contributed by atoms with Gasteiger partial charge in [0.15, 0.2) is 17.6 Å². The number of hydrogen-bond donors (Lipinski definition) is 2. The van der Waals surface area contributed by atoms with Crippen LogP contribution in [-0.4, -0.2) is 32.5 Å². The maximum atomic E-state index is 10.9. The standard InChI is InChI=1S/C12H15BrN2O4/c1-17-10-3-7(4-14)2-9(13)11(10)18-6-8-5-15-12(16)19-8/h2-3,8H,4-6,14H2,1H3,(H,15,16). The molecule has 1 unspecified atom stereocenters. The first-order chi connectivity index (χ1) is 9.13. The highest BCUT2D eigenvalue weighted by atomic mass is 79.9. The Bertz CT molecular complexity index is 481. The lowest BCUT2D eigenvalue weighted by Gasteiger charge is -2.15. The van der Waals surface area contributed by atoms with Crippen LogP contribution in [0.25, 0.3) is 0 Å². The number of nitrogens with one attached hydrogen (secondary N) is 1. The van der Waals surface area contributed by atoms with Crippen molar-refractivity contribution in [3.63, 3.8) is 0 Å². The van der Waals surface area contributed by atoms with Crippen molar-refractivity contribution < 1.29 is 19.0 Å². The Labute approximate surface area is 119 Å². The van der Waals surface area contributed by atoms with Crippen molar-refractivity contribution in [3.8, 4) is 11.5 Å². The van der Waals surface area contributed by atoms with Crippen LogP contribution < -0.4 is 20.5 Å². The fourth-order valence-electron chi connectivity index (χ4n) is 1.73. The molecule has 1 heterocycles. The number of halogens is 1. The number of ether oxygens (including phenoxy) is 3. The number of alkyl carbamates (subject to hydrolysis) is 1. The molecule has 0 spiro atoms. The van der Waals surface area contributed by atoms with Crippen molar-refractivity contribution in [3.05, 3.63) is 22.2 Å². The molecular formula is C12H15BrN2O4. The zero-order valence-electron chi connectivity index (χ0n) is 10.4. The van der Waals surface area contributed by atoms with E-state index in [2.05, 4.69) is 21.2 Å². The number of amides is 1. The van der Waals surface area contributed by atoms with Gasteiger partial charge in [0, 0.05) is 6.54 Å². The van der Waals surface area contributed by atoms with E-state index in [9.17, 15) is 4.79 Å². The molecule has 0 aromatic heterocycles. The number of rotatable bonds is 5. The molecule has 0 saturated carbocycles. The second kappa shape index (κ2) is 6.12. The molecule has 6 nitrogen and oxygen atoms in total. The van der Waals surface area contributed by atoms with Gasteiger partial charge >= 0.3 is 6.09 Å². The van der Waals surface area contributed by atoms with Gasteiger partial charge in [-0.15, -0.1) is 0 Å². The van der Waals surface area contributed by atoms with E-state index in [1.54, 1.807) is 7.11 Å². The summed E-state index contributed by atoms with van der Waals surface area (Å²) in [6.07, 6.45) is -0.712. The second-order valence-electron chi connectivity index (χ2n) is 4.03. The number of carbonyl (C=O) groups excluding carboxylic acids is 1. The maximum Gasteiger partial charge on any atom is 0.407 e. The van der Waals surface area contributed by atoms with E-state index < -0.39 is 6.09 Å². The highest BCUT2D eigenvalue weighted by Crippen LogP contribution is 2.36. The largest absolute Gasteiger partial charge is 0.493 e. The van der Waals surface area contributed by atoms with Crippen LogP contribution in [0.1, 0.15) is 5.56 Å². The molecule has 1 aliphatic heterocycles. The normalized spacial score (nSPS) is 17.8. The van der Waals surface area contributed by atoms with Crippen LogP contribution in [0, 0.1) is 0 Å². The smallest absolute Gasteiger partial charge is 0.407 e. The SMILES string of the molecule is COc1cc(CN)cc(Br)c1OCC1CNC(=O)O1. The van der Waals surface area contributed by atoms with Gasteiger partial charge in [0.1, 0.15) is 6.61 Å². The van der Waals surface area contributed by atoms with Crippen LogP contribution in [0.3, 0.4) is 0 Å². The second-order valence-corrected chi connectivity index (χ2v) is 4.89. The number of carbonyl (C=O) groups is 1. The predicted octanol–water partition coefficient (Wildman–Crippen LogP) is 1.40. The summed E-state index contributed by atoms with van der Waals surface area (Å²) in [6.45, 7) is 1.12. The Morgan fingerprint density at radius 2 is 2.37 bits per heavy atom. The first kappa shape index (κ1) is 14.0. The van der Waals surface area contributed by atoms with Crippen LogP contribution in [0.2, 0.25) is 0 Å². The molecule has 0 radical (unpaired) electrons. The minimum absolute atomic E-state index is 0.260. The van der Waals surface area contributed by atoms with Gasteiger partial charge in [-0.1, -0.05) is 0 Å². The Hall–Kier alpha value is -1.47. The summed E-state index contributed by atoms with van der Waals surface area (Å²) in [4.78, 5) is 10.9. The topological polar surface area (TPSA) is 82.8 Å². The lowest BCUT2D eigenvalue weighted by atomic mass is 10.2. The van der Waals surface area contributed by atoms with Crippen molar-refractivity contribution in [2.24, 2.45) is 5.73 Å². The van der Waals surface area contributed by atoms with Crippen LogP contribution in [0.4, 0.5) is 4.79 Å². The van der Waals surface area contributed by atoms with Crippen LogP contribution in [0.15, 0.2) is 16.6 Å². The lowest BCUT2D eigenvalue weighted by molar-refractivity contribution is 0.103. The van der Waals surface area contributed by atoms with E-state index in [4.69, 9.17) is 19.9 Å². The van der Waals surface area contributed by atoms with Gasteiger partial charge in [-0.05, 0) is 33.6 Å². The van der Waals surface area contributed by atoms with E-state index in [0.29, 0.717) is 24.6 Å². The third-order valence-corrected chi connectivity index (χ3v) is 3.28. The van der Waals surface area contributed by atoms with Crippen LogP contribution in [0.5, 0.6) is 11.5 Å². The molecule has 0 aliphatic carbocycles. The summed E-state index contributed by atoms with van der Waals surface area (Å²) in [5, 5.41) is 2.57. The monoisotopic (exact) mass is 330 g/mol. The summed E-state index contributed by atoms with van der Waals surface area (Å²) in [7, 11) is 1.56. The molecule has 3 N–H and O–H groups in total. The quantitative estimate of drug-likeness (QED) is 0.852. The Morgan fingerprint density at radius 1 is 1.58 bits per heavy atom. The Morgan fingerprint density at radius 3 is 2.95 bits per heavy atom. The first-order valence-electron chi connectivity index (χ1n) is 5.77. The van der Waals surface area contributed by atoms with Crippen molar-refractivity contribution in [2.45, 2.75) is 12.6 Å². The molecular weight excluding hydrogens is 316 g/mol. The Balaban J connectivity index is 2.08. The number of hydrogen-bond acceptors (Lipinski definition) is 5. The van der Waals surface area contributed by atoms with E-state index >= 15 is 0 Å². The summed E-state index contributed by atoms with van der Waals surface area (Å²) in [6, 6.07) is 3.69. The van der Waals surface area contributed by atoms with E-state index in [-0.39, 0.29) is 12.7 Å². The first-order valence-corrected chi connectivity index (χ1v) is 6.57.